The Balaban J connectivity index is 2.00. The fourth-order valence-electron chi connectivity index (χ4n) is 2.78. The summed E-state index contributed by atoms with van der Waals surface area (Å²) in [5.41, 5.74) is -0.0606. The first kappa shape index (κ1) is 18.7. The first-order valence-corrected chi connectivity index (χ1v) is 9.24. The van der Waals surface area contributed by atoms with E-state index in [-0.39, 0.29) is 34.4 Å². The summed E-state index contributed by atoms with van der Waals surface area (Å²) in [5, 5.41) is 18.0. The topological polar surface area (TPSA) is 104 Å². The minimum Gasteiger partial charge on any atom is -0.506 e. The molecule has 0 spiro atoms. The molecule has 1 atom stereocenters. The molecule has 0 saturated heterocycles. The second-order valence-electron chi connectivity index (χ2n) is 6.19. The number of hydrogen-bond acceptors (Lipinski definition) is 7. The van der Waals surface area contributed by atoms with Crippen LogP contribution in [0.4, 0.5) is 5.69 Å². The smallest absolute Gasteiger partial charge is 0.279 e. The summed E-state index contributed by atoms with van der Waals surface area (Å²) in [6, 6.07) is 4.80. The van der Waals surface area contributed by atoms with Crippen molar-refractivity contribution in [1.29, 1.82) is 0 Å². The van der Waals surface area contributed by atoms with Gasteiger partial charge in [-0.05, 0) is 17.9 Å². The predicted octanol–water partition coefficient (Wildman–Crippen LogP) is 1.52. The number of aromatic nitrogens is 1. The van der Waals surface area contributed by atoms with E-state index in [1.165, 1.54) is 24.9 Å². The SMILES string of the molecule is CC[C@@H](NC1=C(Nc2cn(C)c(=O)cc2O)C(=O)N(C)C1=O)c1cccs1. The van der Waals surface area contributed by atoms with Gasteiger partial charge in [-0.25, -0.2) is 0 Å². The Labute approximate surface area is 159 Å². The Hall–Kier alpha value is -3.07. The normalized spacial score (nSPS) is 15.4. The van der Waals surface area contributed by atoms with Crippen LogP contribution >= 0.6 is 11.3 Å². The first-order valence-electron chi connectivity index (χ1n) is 8.36. The maximum atomic E-state index is 12.6. The number of nitrogens with one attached hydrogen (secondary N) is 2. The highest BCUT2D eigenvalue weighted by Gasteiger charge is 2.37. The van der Waals surface area contributed by atoms with Crippen molar-refractivity contribution in [1.82, 2.24) is 14.8 Å². The van der Waals surface area contributed by atoms with E-state index in [9.17, 15) is 19.5 Å². The molecule has 2 amide bonds. The van der Waals surface area contributed by atoms with Crippen molar-refractivity contribution in [2.24, 2.45) is 7.05 Å². The van der Waals surface area contributed by atoms with Gasteiger partial charge in [-0.3, -0.25) is 19.3 Å². The fourth-order valence-corrected chi connectivity index (χ4v) is 3.64. The molecule has 3 N–H and O–H groups in total. The van der Waals surface area contributed by atoms with Crippen molar-refractivity contribution in [3.63, 3.8) is 0 Å². The van der Waals surface area contributed by atoms with Crippen LogP contribution in [0.25, 0.3) is 0 Å². The lowest BCUT2D eigenvalue weighted by molar-refractivity contribution is -0.136. The van der Waals surface area contributed by atoms with Crippen LogP contribution in [0.15, 0.2) is 46.0 Å². The average molecular weight is 388 g/mol. The third-order valence-electron chi connectivity index (χ3n) is 4.37. The highest BCUT2D eigenvalue weighted by Crippen LogP contribution is 2.29. The van der Waals surface area contributed by atoms with E-state index in [0.29, 0.717) is 6.42 Å². The lowest BCUT2D eigenvalue weighted by atomic mass is 10.1. The molecule has 27 heavy (non-hydrogen) atoms. The zero-order valence-electron chi connectivity index (χ0n) is 15.1. The second-order valence-corrected chi connectivity index (χ2v) is 7.17. The largest absolute Gasteiger partial charge is 0.506 e. The minimum absolute atomic E-state index is 0.0338. The Morgan fingerprint density at radius 2 is 1.89 bits per heavy atom. The van der Waals surface area contributed by atoms with Gasteiger partial charge in [0.15, 0.2) is 0 Å². The molecule has 0 fully saturated rings. The van der Waals surface area contributed by atoms with E-state index < -0.39 is 11.8 Å². The standard InChI is InChI=1S/C18H20N4O4S/c1-4-10(13-6-5-7-27-13)19-15-16(18(26)22(3)17(15)25)20-11-9-21(2)14(24)8-12(11)23/h5-10,19-20,23H,4H2,1-3H3/t10-/m1/s1. The highest BCUT2D eigenvalue weighted by molar-refractivity contribution is 7.10. The zero-order chi connectivity index (χ0) is 19.7. The molecule has 3 heterocycles. The summed E-state index contributed by atoms with van der Waals surface area (Å²) in [7, 11) is 2.92. The molecule has 2 aromatic rings. The number of carbonyl (C=O) groups is 2. The van der Waals surface area contributed by atoms with Crippen LogP contribution in [0, 0.1) is 0 Å². The summed E-state index contributed by atoms with van der Waals surface area (Å²) in [4.78, 5) is 38.8. The van der Waals surface area contributed by atoms with E-state index in [4.69, 9.17) is 0 Å². The molecule has 0 radical (unpaired) electrons. The molecule has 1 aliphatic rings. The van der Waals surface area contributed by atoms with E-state index in [0.717, 1.165) is 15.8 Å². The average Bonchev–Trinajstić information content (AvgIpc) is 3.23. The van der Waals surface area contributed by atoms with Crippen LogP contribution < -0.4 is 16.2 Å². The minimum atomic E-state index is -0.517. The maximum Gasteiger partial charge on any atom is 0.279 e. The van der Waals surface area contributed by atoms with Crippen LogP contribution in [0.3, 0.4) is 0 Å². The van der Waals surface area contributed by atoms with Crippen molar-refractivity contribution in [2.75, 3.05) is 12.4 Å². The number of anilines is 1. The third kappa shape index (κ3) is 3.45. The monoisotopic (exact) mass is 388 g/mol. The van der Waals surface area contributed by atoms with Crippen molar-refractivity contribution in [3.8, 4) is 5.75 Å². The van der Waals surface area contributed by atoms with Crippen molar-refractivity contribution < 1.29 is 14.7 Å². The number of rotatable bonds is 6. The second kappa shape index (κ2) is 7.28. The zero-order valence-corrected chi connectivity index (χ0v) is 16.0. The lowest BCUT2D eigenvalue weighted by Gasteiger charge is -2.18. The Kier molecular flexibility index (Phi) is 5.04. The van der Waals surface area contributed by atoms with Crippen LogP contribution in [0.5, 0.6) is 5.75 Å². The third-order valence-corrected chi connectivity index (χ3v) is 5.35. The summed E-state index contributed by atoms with van der Waals surface area (Å²) >= 11 is 1.56. The molecule has 142 valence electrons. The number of hydrogen-bond donors (Lipinski definition) is 3. The van der Waals surface area contributed by atoms with Crippen LogP contribution in [-0.4, -0.2) is 33.4 Å². The van der Waals surface area contributed by atoms with Gasteiger partial charge in [-0.1, -0.05) is 13.0 Å². The molecule has 2 aromatic heterocycles. The molecule has 0 unspecified atom stereocenters. The van der Waals surface area contributed by atoms with Gasteiger partial charge in [0.25, 0.3) is 17.4 Å². The van der Waals surface area contributed by atoms with Gasteiger partial charge >= 0.3 is 0 Å². The van der Waals surface area contributed by atoms with Gasteiger partial charge in [-0.15, -0.1) is 11.3 Å². The number of likely N-dealkylation sites (N-methyl/N-ethyl adjacent to an activating group) is 1. The summed E-state index contributed by atoms with van der Waals surface area (Å²) in [5.74, 6) is -1.27. The maximum absolute atomic E-state index is 12.6. The molecule has 1 aliphatic heterocycles. The number of nitrogens with zero attached hydrogens (tertiary/aromatic N) is 2. The van der Waals surface area contributed by atoms with Crippen molar-refractivity contribution in [2.45, 2.75) is 19.4 Å². The molecule has 0 saturated carbocycles. The summed E-state index contributed by atoms with van der Waals surface area (Å²) in [6.45, 7) is 1.98. The van der Waals surface area contributed by atoms with Crippen molar-refractivity contribution in [3.05, 3.63) is 56.4 Å². The number of imide groups is 1. The lowest BCUT2D eigenvalue weighted by Crippen LogP contribution is -2.31. The summed E-state index contributed by atoms with van der Waals surface area (Å²) < 4.78 is 1.27. The molecule has 8 nitrogen and oxygen atoms in total. The van der Waals surface area contributed by atoms with E-state index in [1.807, 2.05) is 24.4 Å². The quantitative estimate of drug-likeness (QED) is 0.648. The molecule has 0 aliphatic carbocycles. The van der Waals surface area contributed by atoms with Gasteiger partial charge in [0, 0.05) is 31.2 Å². The fraction of sp³-hybridized carbons (Fsp3) is 0.278. The molecule has 9 heteroatoms. The molecular weight excluding hydrogens is 368 g/mol. The van der Waals surface area contributed by atoms with Crippen molar-refractivity contribution >= 4 is 28.8 Å². The number of carbonyl (C=O) groups excluding carboxylic acids is 2. The molecule has 0 aromatic carbocycles. The van der Waals surface area contributed by atoms with Gasteiger partial charge in [-0.2, -0.15) is 0 Å². The summed E-state index contributed by atoms with van der Waals surface area (Å²) in [6.07, 6.45) is 2.09. The number of pyridine rings is 1. The van der Waals surface area contributed by atoms with Gasteiger partial charge < -0.3 is 20.3 Å². The Bertz CT molecular complexity index is 978. The highest BCUT2D eigenvalue weighted by atomic mass is 32.1. The van der Waals surface area contributed by atoms with E-state index in [2.05, 4.69) is 10.6 Å². The van der Waals surface area contributed by atoms with Gasteiger partial charge in [0.1, 0.15) is 17.1 Å². The van der Waals surface area contributed by atoms with Crippen LogP contribution in [0.2, 0.25) is 0 Å². The number of thiophene rings is 1. The Morgan fingerprint density at radius 3 is 2.52 bits per heavy atom. The first-order chi connectivity index (χ1) is 12.8. The number of aryl methyl sites for hydroxylation is 1. The van der Waals surface area contributed by atoms with Crippen LogP contribution in [-0.2, 0) is 16.6 Å². The van der Waals surface area contributed by atoms with E-state index in [1.54, 1.807) is 11.3 Å². The predicted molar refractivity (Wildman–Crippen MR) is 102 cm³/mol. The molecule has 3 rings (SSSR count). The molecule has 0 bridgehead atoms. The number of aromatic hydroxyl groups is 1. The number of amides is 2. The van der Waals surface area contributed by atoms with Gasteiger partial charge in [0.05, 0.1) is 11.7 Å². The molecular formula is C18H20N4O4S. The van der Waals surface area contributed by atoms with Gasteiger partial charge in [0.2, 0.25) is 0 Å². The van der Waals surface area contributed by atoms with E-state index >= 15 is 0 Å². The van der Waals surface area contributed by atoms with Crippen LogP contribution in [0.1, 0.15) is 24.3 Å². The Morgan fingerprint density at radius 1 is 1.19 bits per heavy atom.